The van der Waals surface area contributed by atoms with Crippen LogP contribution in [-0.4, -0.2) is 32.8 Å². The summed E-state index contributed by atoms with van der Waals surface area (Å²) < 4.78 is 0. The van der Waals surface area contributed by atoms with E-state index in [1.165, 1.54) is 56.6 Å². The minimum absolute atomic E-state index is 0. The third-order valence-electron chi connectivity index (χ3n) is 15.3. The van der Waals surface area contributed by atoms with Crippen molar-refractivity contribution in [1.82, 2.24) is 9.97 Å². The zero-order valence-corrected chi connectivity index (χ0v) is 56.7. The van der Waals surface area contributed by atoms with Crippen LogP contribution < -0.4 is 10.2 Å². The zero-order chi connectivity index (χ0) is 61.7. The van der Waals surface area contributed by atoms with Crippen LogP contribution in [0.15, 0.2) is 166 Å². The molecule has 0 N–H and O–H groups in total. The number of aliphatic imine (C=N–C) groups is 4. The Balaban J connectivity index is 0.000000302. The fourth-order valence-corrected chi connectivity index (χ4v) is 10.3. The number of fused-ring (bicyclic) bond motifs is 1. The fourth-order valence-electron chi connectivity index (χ4n) is 10.3. The van der Waals surface area contributed by atoms with Crippen LogP contribution >= 0.6 is 0 Å². The summed E-state index contributed by atoms with van der Waals surface area (Å²) in [6.45, 7) is 43.9. The molecule has 0 aliphatic heterocycles. The van der Waals surface area contributed by atoms with Crippen molar-refractivity contribution >= 4 is 56.4 Å². The van der Waals surface area contributed by atoms with Gasteiger partial charge in [0.25, 0.3) is 0 Å². The number of hydrogen-bond donors (Lipinski definition) is 0. The number of benzene rings is 6. The minimum Gasteiger partial charge on any atom is -0.873 e. The maximum Gasteiger partial charge on any atom is 1.00 e. The van der Waals surface area contributed by atoms with Crippen molar-refractivity contribution in [1.29, 1.82) is 0 Å². The standard InChI is InChI=1S/2C33H43N3.C10H8O2.2Co/c2*1-20(2)26-14-11-15-27(21(3)4)32(26)34-24(9)30-18-13-19-31(36-30)25(10)35-33-28(22(5)6)16-12-17-29(33)23(7)8;11-9-5-7-3-1-2-4-8(7)6-10(9)12;;/h2*11-23H,1-10H3;1-6,11-12H;;/q;;;2*+1/p-2. The Labute approximate surface area is 536 Å². The number of para-hydroxylation sites is 4. The maximum atomic E-state index is 10.9. The first-order chi connectivity index (χ1) is 39.8. The van der Waals surface area contributed by atoms with Crippen molar-refractivity contribution in [2.75, 3.05) is 0 Å². The molecular formula is C76H92Co2N6O2. The van der Waals surface area contributed by atoms with Gasteiger partial charge in [-0.2, -0.15) is 0 Å². The molecular weight excluding hydrogens is 1150 g/mol. The predicted molar refractivity (Wildman–Crippen MR) is 357 cm³/mol. The molecule has 8 rings (SSSR count). The van der Waals surface area contributed by atoms with Crippen LogP contribution in [0.4, 0.5) is 22.7 Å². The van der Waals surface area contributed by atoms with Crippen LogP contribution in [-0.2, 0) is 33.6 Å². The van der Waals surface area contributed by atoms with E-state index in [1.807, 2.05) is 48.5 Å². The van der Waals surface area contributed by atoms with Gasteiger partial charge < -0.3 is 10.2 Å². The topological polar surface area (TPSA) is 121 Å². The molecule has 0 aliphatic carbocycles. The van der Waals surface area contributed by atoms with Crippen LogP contribution in [0.5, 0.6) is 11.5 Å². The second-order valence-electron chi connectivity index (χ2n) is 24.6. The first-order valence-corrected chi connectivity index (χ1v) is 30.3. The Hall–Kier alpha value is -6.83. The molecule has 2 heterocycles. The van der Waals surface area contributed by atoms with Gasteiger partial charge in [-0.25, -0.2) is 9.97 Å². The predicted octanol–water partition coefficient (Wildman–Crippen LogP) is 20.7. The third kappa shape index (κ3) is 18.4. The molecule has 0 saturated heterocycles. The van der Waals surface area contributed by atoms with Crippen LogP contribution in [0.2, 0.25) is 0 Å². The molecule has 0 amide bonds. The minimum atomic E-state index is -0.436. The first kappa shape index (κ1) is 71.7. The van der Waals surface area contributed by atoms with Gasteiger partial charge in [-0.3, -0.25) is 20.0 Å². The molecule has 8 nitrogen and oxygen atoms in total. The van der Waals surface area contributed by atoms with Crippen molar-refractivity contribution in [3.8, 4) is 11.5 Å². The quantitative estimate of drug-likeness (QED) is 0.0894. The summed E-state index contributed by atoms with van der Waals surface area (Å²) in [5.74, 6) is 2.35. The molecule has 0 spiro atoms. The maximum absolute atomic E-state index is 10.9. The number of hydrogen-bond acceptors (Lipinski definition) is 8. The molecule has 6 aromatic carbocycles. The second kappa shape index (κ2) is 32.8. The molecule has 0 radical (unpaired) electrons. The van der Waals surface area contributed by atoms with E-state index in [-0.39, 0.29) is 33.6 Å². The van der Waals surface area contributed by atoms with Gasteiger partial charge in [-0.05, 0) is 155 Å². The molecule has 456 valence electrons. The van der Waals surface area contributed by atoms with Crippen LogP contribution in [0.25, 0.3) is 10.8 Å². The van der Waals surface area contributed by atoms with E-state index < -0.39 is 11.5 Å². The van der Waals surface area contributed by atoms with Gasteiger partial charge in [0, 0.05) is 0 Å². The van der Waals surface area contributed by atoms with Crippen molar-refractivity contribution in [2.24, 2.45) is 20.0 Å². The van der Waals surface area contributed by atoms with Gasteiger partial charge in [0.1, 0.15) is 0 Å². The van der Waals surface area contributed by atoms with Crippen molar-refractivity contribution in [2.45, 2.75) is 186 Å². The van der Waals surface area contributed by atoms with Gasteiger partial charge in [0.2, 0.25) is 0 Å². The number of rotatable bonds is 16. The first-order valence-electron chi connectivity index (χ1n) is 30.3. The Bertz CT molecular complexity index is 3140. The number of aromatic nitrogens is 2. The normalized spacial score (nSPS) is 12.3. The second-order valence-corrected chi connectivity index (χ2v) is 24.6. The summed E-state index contributed by atoms with van der Waals surface area (Å²) in [5, 5.41) is 23.5. The number of nitrogens with zero attached hydrogens (tertiary/aromatic N) is 6. The molecule has 0 unspecified atom stereocenters. The molecule has 8 aromatic rings. The fraction of sp³-hybridized carbons (Fsp3) is 0.368. The van der Waals surface area contributed by atoms with Crippen LogP contribution in [0.3, 0.4) is 0 Å². The van der Waals surface area contributed by atoms with E-state index in [0.717, 1.165) is 79.1 Å². The molecule has 86 heavy (non-hydrogen) atoms. The zero-order valence-electron chi connectivity index (χ0n) is 54.6. The Morgan fingerprint density at radius 3 is 0.628 bits per heavy atom. The van der Waals surface area contributed by atoms with E-state index >= 15 is 0 Å². The van der Waals surface area contributed by atoms with Crippen LogP contribution in [0.1, 0.15) is 253 Å². The van der Waals surface area contributed by atoms with Gasteiger partial charge >= 0.3 is 33.6 Å². The molecule has 0 saturated carbocycles. The average Bonchev–Trinajstić information content (AvgIpc) is 1.76. The average molecular weight is 1240 g/mol. The molecule has 0 aliphatic rings. The summed E-state index contributed by atoms with van der Waals surface area (Å²) >= 11 is 0. The Morgan fingerprint density at radius 1 is 0.279 bits per heavy atom. The van der Waals surface area contributed by atoms with Gasteiger partial charge in [0.15, 0.2) is 0 Å². The summed E-state index contributed by atoms with van der Waals surface area (Å²) in [4.78, 5) is 30.6. The Morgan fingerprint density at radius 2 is 0.453 bits per heavy atom. The molecule has 10 heteroatoms. The molecule has 0 bridgehead atoms. The van der Waals surface area contributed by atoms with Crippen molar-refractivity contribution < 1.29 is 43.8 Å². The van der Waals surface area contributed by atoms with Crippen molar-refractivity contribution in [3.63, 3.8) is 0 Å². The summed E-state index contributed by atoms with van der Waals surface area (Å²) in [5.41, 5.74) is 21.8. The third-order valence-corrected chi connectivity index (χ3v) is 15.3. The molecule has 0 fully saturated rings. The van der Waals surface area contributed by atoms with Crippen molar-refractivity contribution in [3.05, 3.63) is 213 Å². The SMILES string of the molecule is CC(=Nc1c(C(C)C)cccc1C(C)C)c1cccc(C(C)=Nc2c(C(C)C)cccc2C(C)C)n1.CC(=Nc1c(C(C)C)cccc1C(C)C)c1cccc(C(C)=Nc2c(C(C)C)cccc2C(C)C)n1.[Co+].[Co+].[O-]c1cc2ccccc2cc1[O-]. The van der Waals surface area contributed by atoms with Gasteiger partial charge in [-0.15, -0.1) is 11.5 Å². The van der Waals surface area contributed by atoms with Gasteiger partial charge in [0.05, 0.1) is 68.4 Å². The molecule has 0 atom stereocenters. The monoisotopic (exact) mass is 1240 g/mol. The summed E-state index contributed by atoms with van der Waals surface area (Å²) in [7, 11) is 0. The van der Waals surface area contributed by atoms with E-state index in [0.29, 0.717) is 47.3 Å². The van der Waals surface area contributed by atoms with E-state index in [2.05, 4.69) is 223 Å². The summed E-state index contributed by atoms with van der Waals surface area (Å²) in [6.07, 6.45) is 0. The van der Waals surface area contributed by atoms with Gasteiger partial charge in [-0.1, -0.05) is 232 Å². The molecule has 2 aromatic heterocycles. The Kier molecular flexibility index (Phi) is 27.3. The smallest absolute Gasteiger partial charge is 0.873 e. The summed E-state index contributed by atoms with van der Waals surface area (Å²) in [6, 6.07) is 48.5. The van der Waals surface area contributed by atoms with E-state index in [4.69, 9.17) is 29.9 Å². The van der Waals surface area contributed by atoms with E-state index in [9.17, 15) is 10.2 Å². The largest absolute Gasteiger partial charge is 1.00 e. The van der Waals surface area contributed by atoms with Crippen LogP contribution in [0, 0.1) is 0 Å². The number of pyridine rings is 2. The van der Waals surface area contributed by atoms with E-state index in [1.54, 1.807) is 0 Å².